The summed E-state index contributed by atoms with van der Waals surface area (Å²) in [6, 6.07) is 14.0. The molecular formula is C19H23N5O. The molecule has 1 aromatic carbocycles. The lowest BCUT2D eigenvalue weighted by molar-refractivity contribution is 0.414. The summed E-state index contributed by atoms with van der Waals surface area (Å²) in [5, 5.41) is 16.4. The van der Waals surface area contributed by atoms with Gasteiger partial charge in [-0.15, -0.1) is 10.2 Å². The number of benzene rings is 1. The smallest absolute Gasteiger partial charge is 0.175 e. The second-order valence-corrected chi connectivity index (χ2v) is 6.32. The van der Waals surface area contributed by atoms with Gasteiger partial charge in [0.05, 0.1) is 18.8 Å². The molecule has 1 atom stereocenters. The maximum absolute atomic E-state index is 5.23. The Morgan fingerprint density at radius 1 is 1.00 bits per heavy atom. The predicted molar refractivity (Wildman–Crippen MR) is 98.1 cm³/mol. The average molecular weight is 337 g/mol. The zero-order valence-electron chi connectivity index (χ0n) is 15.0. The van der Waals surface area contributed by atoms with Gasteiger partial charge in [0.15, 0.2) is 5.82 Å². The van der Waals surface area contributed by atoms with Gasteiger partial charge in [-0.1, -0.05) is 26.0 Å². The van der Waals surface area contributed by atoms with Crippen molar-refractivity contribution in [2.45, 2.75) is 26.8 Å². The van der Waals surface area contributed by atoms with Crippen LogP contribution in [-0.4, -0.2) is 27.1 Å². The highest BCUT2D eigenvalue weighted by Crippen LogP contribution is 2.27. The van der Waals surface area contributed by atoms with Gasteiger partial charge < -0.3 is 10.1 Å². The minimum atomic E-state index is 0.137. The van der Waals surface area contributed by atoms with Gasteiger partial charge in [0.2, 0.25) is 0 Å². The fourth-order valence-corrected chi connectivity index (χ4v) is 2.67. The van der Waals surface area contributed by atoms with Gasteiger partial charge >= 0.3 is 0 Å². The molecule has 2 heterocycles. The molecule has 0 saturated carbocycles. The summed E-state index contributed by atoms with van der Waals surface area (Å²) >= 11 is 0. The Labute approximate surface area is 147 Å². The second kappa shape index (κ2) is 7.34. The Hall–Kier alpha value is -2.89. The third-order valence-corrected chi connectivity index (χ3v) is 4.05. The van der Waals surface area contributed by atoms with Crippen LogP contribution in [0.25, 0.3) is 5.82 Å². The van der Waals surface area contributed by atoms with Crippen molar-refractivity contribution in [2.75, 3.05) is 12.4 Å². The Bertz CT molecular complexity index is 809. The third-order valence-electron chi connectivity index (χ3n) is 4.05. The van der Waals surface area contributed by atoms with Crippen LogP contribution in [0.2, 0.25) is 0 Å². The highest BCUT2D eigenvalue weighted by atomic mass is 16.5. The fourth-order valence-electron chi connectivity index (χ4n) is 2.67. The monoisotopic (exact) mass is 337 g/mol. The number of hydrogen-bond donors (Lipinski definition) is 1. The van der Waals surface area contributed by atoms with Crippen LogP contribution in [0, 0.1) is 12.8 Å². The minimum Gasteiger partial charge on any atom is -0.497 e. The summed E-state index contributed by atoms with van der Waals surface area (Å²) in [4.78, 5) is 0. The molecule has 3 rings (SSSR count). The van der Waals surface area contributed by atoms with Crippen LogP contribution in [0.3, 0.4) is 0 Å². The lowest BCUT2D eigenvalue weighted by atomic mass is 9.96. The predicted octanol–water partition coefficient (Wildman–Crippen LogP) is 3.79. The first-order valence-corrected chi connectivity index (χ1v) is 8.33. The first kappa shape index (κ1) is 17.0. The van der Waals surface area contributed by atoms with Crippen molar-refractivity contribution in [2.24, 2.45) is 5.92 Å². The molecule has 3 aromatic rings. The van der Waals surface area contributed by atoms with Crippen molar-refractivity contribution < 1.29 is 4.74 Å². The van der Waals surface area contributed by atoms with Crippen LogP contribution in [0.15, 0.2) is 48.7 Å². The Balaban J connectivity index is 1.77. The van der Waals surface area contributed by atoms with Crippen molar-refractivity contribution in [3.05, 3.63) is 59.9 Å². The zero-order chi connectivity index (χ0) is 17.8. The number of aromatic nitrogens is 4. The van der Waals surface area contributed by atoms with Gasteiger partial charge in [0.1, 0.15) is 11.6 Å². The first-order chi connectivity index (χ1) is 12.1. The third kappa shape index (κ3) is 3.96. The molecule has 6 heteroatoms. The van der Waals surface area contributed by atoms with Gasteiger partial charge in [0.25, 0.3) is 0 Å². The quantitative estimate of drug-likeness (QED) is 0.741. The summed E-state index contributed by atoms with van der Waals surface area (Å²) in [5.41, 5.74) is 2.13. The molecule has 0 spiro atoms. The van der Waals surface area contributed by atoms with Crippen molar-refractivity contribution >= 4 is 5.82 Å². The number of methoxy groups -OCH3 is 1. The molecule has 2 aromatic heterocycles. The number of hydrogen-bond acceptors (Lipinski definition) is 5. The van der Waals surface area contributed by atoms with Crippen LogP contribution < -0.4 is 10.1 Å². The molecule has 0 radical (unpaired) electrons. The number of nitrogens with one attached hydrogen (secondary N) is 1. The van der Waals surface area contributed by atoms with Gasteiger partial charge in [-0.25, -0.2) is 4.68 Å². The van der Waals surface area contributed by atoms with E-state index in [-0.39, 0.29) is 6.04 Å². The molecule has 0 fully saturated rings. The Morgan fingerprint density at radius 3 is 2.28 bits per heavy atom. The normalized spacial score (nSPS) is 12.2. The van der Waals surface area contributed by atoms with E-state index in [1.807, 2.05) is 43.5 Å². The highest BCUT2D eigenvalue weighted by Gasteiger charge is 2.16. The zero-order valence-corrected chi connectivity index (χ0v) is 15.0. The fraction of sp³-hybridized carbons (Fsp3) is 0.316. The molecular weight excluding hydrogens is 314 g/mol. The van der Waals surface area contributed by atoms with Crippen molar-refractivity contribution in [3.63, 3.8) is 0 Å². The number of anilines is 1. The lowest BCUT2D eigenvalue weighted by Gasteiger charge is -2.23. The number of ether oxygens (including phenoxy) is 1. The summed E-state index contributed by atoms with van der Waals surface area (Å²) in [6.45, 7) is 6.30. The van der Waals surface area contributed by atoms with Gasteiger partial charge in [0, 0.05) is 6.20 Å². The van der Waals surface area contributed by atoms with E-state index in [0.717, 1.165) is 17.3 Å². The number of nitrogens with zero attached hydrogens (tertiary/aromatic N) is 4. The molecule has 0 amide bonds. The summed E-state index contributed by atoms with van der Waals surface area (Å²) in [7, 11) is 1.67. The standard InChI is InChI=1S/C19H23N5O/c1-13(2)19(15-5-7-16(25-4)8-6-15)20-17-9-10-18(22-21-17)24-12-11-14(3)23-24/h5-13,19H,1-4H3,(H,20,21). The minimum absolute atomic E-state index is 0.137. The summed E-state index contributed by atoms with van der Waals surface area (Å²) in [6.07, 6.45) is 1.88. The average Bonchev–Trinajstić information content (AvgIpc) is 3.06. The van der Waals surface area contributed by atoms with E-state index in [1.165, 1.54) is 5.56 Å². The van der Waals surface area contributed by atoms with Crippen LogP contribution in [0.1, 0.15) is 31.1 Å². The van der Waals surface area contributed by atoms with Gasteiger partial charge in [-0.2, -0.15) is 5.10 Å². The molecule has 0 aliphatic rings. The molecule has 1 N–H and O–H groups in total. The maximum Gasteiger partial charge on any atom is 0.175 e. The summed E-state index contributed by atoms with van der Waals surface area (Å²) in [5.74, 6) is 2.68. The number of rotatable bonds is 6. The van der Waals surface area contributed by atoms with Crippen molar-refractivity contribution in [1.29, 1.82) is 0 Å². The maximum atomic E-state index is 5.23. The van der Waals surface area contributed by atoms with E-state index >= 15 is 0 Å². The van der Waals surface area contributed by atoms with E-state index in [4.69, 9.17) is 4.74 Å². The number of aryl methyl sites for hydroxylation is 1. The Morgan fingerprint density at radius 2 is 1.76 bits per heavy atom. The molecule has 1 unspecified atom stereocenters. The van der Waals surface area contributed by atoms with Crippen LogP contribution in [0.5, 0.6) is 5.75 Å². The Kier molecular flexibility index (Phi) is 4.97. The lowest BCUT2D eigenvalue weighted by Crippen LogP contribution is -2.18. The van der Waals surface area contributed by atoms with Crippen molar-refractivity contribution in [3.8, 4) is 11.6 Å². The van der Waals surface area contributed by atoms with Crippen LogP contribution in [0.4, 0.5) is 5.82 Å². The van der Waals surface area contributed by atoms with E-state index in [2.05, 4.69) is 46.6 Å². The van der Waals surface area contributed by atoms with Gasteiger partial charge in [-0.3, -0.25) is 0 Å². The molecule has 0 aliphatic heterocycles. The molecule has 0 saturated heterocycles. The van der Waals surface area contributed by atoms with Crippen LogP contribution in [-0.2, 0) is 0 Å². The molecule has 0 bridgehead atoms. The molecule has 130 valence electrons. The second-order valence-electron chi connectivity index (χ2n) is 6.32. The SMILES string of the molecule is COc1ccc(C(Nc2ccc(-n3ccc(C)n3)nn2)C(C)C)cc1. The van der Waals surface area contributed by atoms with Crippen molar-refractivity contribution in [1.82, 2.24) is 20.0 Å². The van der Waals surface area contributed by atoms with E-state index in [0.29, 0.717) is 11.7 Å². The van der Waals surface area contributed by atoms with E-state index in [1.54, 1.807) is 11.8 Å². The first-order valence-electron chi connectivity index (χ1n) is 8.33. The summed E-state index contributed by atoms with van der Waals surface area (Å²) < 4.78 is 6.95. The topological polar surface area (TPSA) is 64.9 Å². The molecule has 6 nitrogen and oxygen atoms in total. The van der Waals surface area contributed by atoms with Gasteiger partial charge in [-0.05, 0) is 48.7 Å². The molecule has 0 aliphatic carbocycles. The molecule has 25 heavy (non-hydrogen) atoms. The highest BCUT2D eigenvalue weighted by molar-refractivity contribution is 5.41. The van der Waals surface area contributed by atoms with Crippen LogP contribution >= 0.6 is 0 Å². The largest absolute Gasteiger partial charge is 0.497 e. The van der Waals surface area contributed by atoms with E-state index in [9.17, 15) is 0 Å². The van der Waals surface area contributed by atoms with E-state index < -0.39 is 0 Å².